The molecule has 2 aromatic rings. The summed E-state index contributed by atoms with van der Waals surface area (Å²) in [6.45, 7) is 6.82. The molecule has 0 saturated carbocycles. The Balaban J connectivity index is 0.00000341. The van der Waals surface area contributed by atoms with Gasteiger partial charge in [0.25, 0.3) is 0 Å². The molecule has 0 fully saturated rings. The molecule has 1 aliphatic rings. The molecule has 0 radical (unpaired) electrons. The predicted molar refractivity (Wildman–Crippen MR) is 136 cm³/mol. The van der Waals surface area contributed by atoms with Crippen LogP contribution in [-0.2, 0) is 17.8 Å². The van der Waals surface area contributed by atoms with Crippen LogP contribution >= 0.6 is 35.3 Å². The summed E-state index contributed by atoms with van der Waals surface area (Å²) in [5.41, 5.74) is 1.26. The molecule has 0 bridgehead atoms. The number of nitrogens with one attached hydrogen (secondary N) is 2. The number of benzene rings is 1. The first-order valence-corrected chi connectivity index (χ1v) is 11.1. The number of carbonyl (C=O) groups is 1. The summed E-state index contributed by atoms with van der Waals surface area (Å²) >= 11 is 1.77. The number of thiophene rings is 1. The van der Waals surface area contributed by atoms with Crippen LogP contribution in [0.2, 0.25) is 0 Å². The van der Waals surface area contributed by atoms with E-state index >= 15 is 0 Å². The summed E-state index contributed by atoms with van der Waals surface area (Å²) < 4.78 is 11.2. The van der Waals surface area contributed by atoms with Gasteiger partial charge in [-0.25, -0.2) is 4.99 Å². The molecule has 7 nitrogen and oxygen atoms in total. The fourth-order valence-electron chi connectivity index (χ4n) is 3.24. The predicted octanol–water partition coefficient (Wildman–Crippen LogP) is 3.28. The van der Waals surface area contributed by atoms with Crippen molar-refractivity contribution in [3.05, 3.63) is 46.2 Å². The van der Waals surface area contributed by atoms with Crippen LogP contribution in [0.3, 0.4) is 0 Å². The Hall–Kier alpha value is -2.01. The van der Waals surface area contributed by atoms with Gasteiger partial charge in [0.1, 0.15) is 24.1 Å². The van der Waals surface area contributed by atoms with Gasteiger partial charge >= 0.3 is 0 Å². The molecular formula is C22H31IN4O3S. The lowest BCUT2D eigenvalue weighted by Crippen LogP contribution is -2.43. The molecule has 2 heterocycles. The molecule has 1 atom stereocenters. The van der Waals surface area contributed by atoms with E-state index in [9.17, 15) is 4.79 Å². The summed E-state index contributed by atoms with van der Waals surface area (Å²) in [5, 5.41) is 8.53. The first kappa shape index (κ1) is 25.3. The fourth-order valence-corrected chi connectivity index (χ4v) is 4.13. The van der Waals surface area contributed by atoms with Crippen LogP contribution in [0.4, 0.5) is 0 Å². The van der Waals surface area contributed by atoms with Crippen molar-refractivity contribution in [1.82, 2.24) is 15.5 Å². The van der Waals surface area contributed by atoms with E-state index in [-0.39, 0.29) is 42.5 Å². The van der Waals surface area contributed by atoms with E-state index < -0.39 is 0 Å². The van der Waals surface area contributed by atoms with Crippen molar-refractivity contribution >= 4 is 47.2 Å². The topological polar surface area (TPSA) is 75.2 Å². The van der Waals surface area contributed by atoms with Gasteiger partial charge in [-0.1, -0.05) is 6.07 Å². The summed E-state index contributed by atoms with van der Waals surface area (Å²) in [4.78, 5) is 20.4. The molecule has 3 rings (SSSR count). The maximum absolute atomic E-state index is 12.6. The van der Waals surface area contributed by atoms with Crippen molar-refractivity contribution in [3.63, 3.8) is 0 Å². The van der Waals surface area contributed by atoms with Crippen molar-refractivity contribution in [1.29, 1.82) is 0 Å². The number of carbonyl (C=O) groups excluding carboxylic acids is 1. The average Bonchev–Trinajstić information content (AvgIpc) is 3.23. The van der Waals surface area contributed by atoms with Gasteiger partial charge in [0.05, 0.1) is 13.7 Å². The van der Waals surface area contributed by atoms with E-state index in [1.54, 1.807) is 18.4 Å². The quantitative estimate of drug-likeness (QED) is 0.296. The molecule has 31 heavy (non-hydrogen) atoms. The average molecular weight is 558 g/mol. The minimum atomic E-state index is -0.0872. The summed E-state index contributed by atoms with van der Waals surface area (Å²) in [6.07, 6.45) is 0.843. The number of methoxy groups -OCH3 is 1. The summed E-state index contributed by atoms with van der Waals surface area (Å²) in [6, 6.07) is 9.63. The van der Waals surface area contributed by atoms with E-state index in [1.807, 2.05) is 43.0 Å². The SMILES string of the molecule is CCNC(=NCC(=O)N1CCc2sccc2C1)NCC(C)Oc1cccc(OC)c1.I. The number of guanidine groups is 1. The summed E-state index contributed by atoms with van der Waals surface area (Å²) in [7, 11) is 1.63. The molecule has 1 aromatic carbocycles. The number of hydrogen-bond donors (Lipinski definition) is 2. The third-order valence-electron chi connectivity index (χ3n) is 4.81. The zero-order chi connectivity index (χ0) is 21.3. The van der Waals surface area contributed by atoms with Crippen molar-refractivity contribution in [2.45, 2.75) is 32.9 Å². The van der Waals surface area contributed by atoms with E-state index in [4.69, 9.17) is 9.47 Å². The zero-order valence-electron chi connectivity index (χ0n) is 18.2. The third kappa shape index (κ3) is 7.57. The lowest BCUT2D eigenvalue weighted by atomic mass is 10.1. The molecule has 9 heteroatoms. The van der Waals surface area contributed by atoms with Gasteiger partial charge in [0, 0.05) is 30.6 Å². The Morgan fingerprint density at radius 1 is 1.29 bits per heavy atom. The summed E-state index contributed by atoms with van der Waals surface area (Å²) in [5.74, 6) is 2.16. The minimum Gasteiger partial charge on any atom is -0.497 e. The molecule has 1 unspecified atom stereocenters. The van der Waals surface area contributed by atoms with Crippen molar-refractivity contribution in [2.75, 3.05) is 33.3 Å². The zero-order valence-corrected chi connectivity index (χ0v) is 21.4. The monoisotopic (exact) mass is 558 g/mol. The maximum atomic E-state index is 12.6. The number of fused-ring (bicyclic) bond motifs is 1. The van der Waals surface area contributed by atoms with Crippen molar-refractivity contribution in [2.24, 2.45) is 4.99 Å². The number of amides is 1. The largest absolute Gasteiger partial charge is 0.497 e. The Bertz CT molecular complexity index is 874. The highest BCUT2D eigenvalue weighted by molar-refractivity contribution is 14.0. The van der Waals surface area contributed by atoms with Gasteiger partial charge in [-0.15, -0.1) is 35.3 Å². The van der Waals surface area contributed by atoms with Crippen LogP contribution in [0.5, 0.6) is 11.5 Å². The van der Waals surface area contributed by atoms with Crippen LogP contribution in [0.25, 0.3) is 0 Å². The van der Waals surface area contributed by atoms with Crippen LogP contribution in [0, 0.1) is 0 Å². The Kier molecular flexibility index (Phi) is 10.4. The second kappa shape index (κ2) is 12.7. The molecule has 0 aliphatic carbocycles. The van der Waals surface area contributed by atoms with Gasteiger partial charge in [-0.2, -0.15) is 0 Å². The molecule has 0 spiro atoms. The van der Waals surface area contributed by atoms with Crippen molar-refractivity contribution < 1.29 is 14.3 Å². The highest BCUT2D eigenvalue weighted by Crippen LogP contribution is 2.24. The molecule has 1 aliphatic heterocycles. The Labute approximate surface area is 205 Å². The number of ether oxygens (including phenoxy) is 2. The maximum Gasteiger partial charge on any atom is 0.244 e. The fraction of sp³-hybridized carbons (Fsp3) is 0.455. The second-order valence-corrected chi connectivity index (χ2v) is 8.12. The van der Waals surface area contributed by atoms with Gasteiger partial charge < -0.3 is 25.0 Å². The molecular weight excluding hydrogens is 527 g/mol. The van der Waals surface area contributed by atoms with Crippen LogP contribution in [0.15, 0.2) is 40.7 Å². The van der Waals surface area contributed by atoms with Gasteiger partial charge in [0.2, 0.25) is 5.91 Å². The molecule has 2 N–H and O–H groups in total. The number of rotatable bonds is 8. The molecule has 1 aromatic heterocycles. The molecule has 0 saturated heterocycles. The van der Waals surface area contributed by atoms with E-state index in [0.717, 1.165) is 24.5 Å². The van der Waals surface area contributed by atoms with Crippen LogP contribution in [0.1, 0.15) is 24.3 Å². The van der Waals surface area contributed by atoms with E-state index in [1.165, 1.54) is 10.4 Å². The Morgan fingerprint density at radius 2 is 2.10 bits per heavy atom. The van der Waals surface area contributed by atoms with Crippen molar-refractivity contribution in [3.8, 4) is 11.5 Å². The molecule has 170 valence electrons. The van der Waals surface area contributed by atoms with E-state index in [0.29, 0.717) is 25.6 Å². The van der Waals surface area contributed by atoms with E-state index in [2.05, 4.69) is 27.1 Å². The normalized spacial score (nSPS) is 14.2. The third-order valence-corrected chi connectivity index (χ3v) is 5.84. The number of aliphatic imine (C=N–C) groups is 1. The standard InChI is InChI=1S/C22H30N4O3S.HI/c1-4-23-22(24-13-16(2)29-19-7-5-6-18(12-19)28-3)25-14-21(27)26-10-8-20-17(15-26)9-11-30-20;/h5-7,9,11-12,16H,4,8,10,13-15H2,1-3H3,(H2,23,24,25);1H. The van der Waals surface area contributed by atoms with Gasteiger partial charge in [-0.05, 0) is 49.4 Å². The first-order valence-electron chi connectivity index (χ1n) is 10.2. The smallest absolute Gasteiger partial charge is 0.244 e. The lowest BCUT2D eigenvalue weighted by Gasteiger charge is -2.26. The highest BCUT2D eigenvalue weighted by Gasteiger charge is 2.21. The van der Waals surface area contributed by atoms with Crippen LogP contribution < -0.4 is 20.1 Å². The Morgan fingerprint density at radius 3 is 2.87 bits per heavy atom. The minimum absolute atomic E-state index is 0. The highest BCUT2D eigenvalue weighted by atomic mass is 127. The van der Waals surface area contributed by atoms with Gasteiger partial charge in [0.15, 0.2) is 5.96 Å². The molecule has 1 amide bonds. The lowest BCUT2D eigenvalue weighted by molar-refractivity contribution is -0.130. The number of halogens is 1. The number of nitrogens with zero attached hydrogens (tertiary/aromatic N) is 2. The second-order valence-electron chi connectivity index (χ2n) is 7.12. The van der Waals surface area contributed by atoms with Crippen LogP contribution in [-0.4, -0.2) is 56.2 Å². The van der Waals surface area contributed by atoms with Gasteiger partial charge in [-0.3, -0.25) is 4.79 Å². The number of hydrogen-bond acceptors (Lipinski definition) is 5. The first-order chi connectivity index (χ1) is 14.6.